The normalized spacial score (nSPS) is 10.7. The van der Waals surface area contributed by atoms with Crippen molar-refractivity contribution in [2.75, 3.05) is 20.2 Å². The van der Waals surface area contributed by atoms with Gasteiger partial charge in [-0.05, 0) is 59.9 Å². The highest BCUT2D eigenvalue weighted by atomic mass is 79.9. The van der Waals surface area contributed by atoms with Gasteiger partial charge in [0.25, 0.3) is 0 Å². The van der Waals surface area contributed by atoms with E-state index in [9.17, 15) is 4.39 Å². The van der Waals surface area contributed by atoms with Gasteiger partial charge in [0.2, 0.25) is 0 Å². The summed E-state index contributed by atoms with van der Waals surface area (Å²) >= 11 is 3.22. The Bertz CT molecular complexity index is 385. The molecule has 1 rings (SSSR count). The molecule has 0 saturated heterocycles. The summed E-state index contributed by atoms with van der Waals surface area (Å²) in [7, 11) is 1.59. The lowest BCUT2D eigenvalue weighted by atomic mass is 10.0. The van der Waals surface area contributed by atoms with Crippen LogP contribution < -0.4 is 10.1 Å². The first-order valence-corrected chi connectivity index (χ1v) is 7.71. The van der Waals surface area contributed by atoms with Gasteiger partial charge in [-0.2, -0.15) is 0 Å². The van der Waals surface area contributed by atoms with Crippen molar-refractivity contribution in [3.05, 3.63) is 28.0 Å². The molecule has 0 aliphatic rings. The molecule has 108 valence electrons. The van der Waals surface area contributed by atoms with Gasteiger partial charge in [0.1, 0.15) is 11.6 Å². The second-order valence-electron chi connectivity index (χ2n) is 4.60. The topological polar surface area (TPSA) is 21.3 Å². The van der Waals surface area contributed by atoms with Gasteiger partial charge in [0, 0.05) is 6.07 Å². The van der Waals surface area contributed by atoms with Crippen LogP contribution in [0.4, 0.5) is 4.39 Å². The Balaban J connectivity index is 2.34. The van der Waals surface area contributed by atoms with Gasteiger partial charge in [-0.15, -0.1) is 0 Å². The smallest absolute Gasteiger partial charge is 0.141 e. The predicted octanol–water partition coefficient (Wildman–Crippen LogP) is 4.31. The second kappa shape index (κ2) is 9.32. The maximum atomic E-state index is 13.4. The summed E-state index contributed by atoms with van der Waals surface area (Å²) in [5, 5.41) is 3.32. The molecule has 1 aromatic rings. The van der Waals surface area contributed by atoms with E-state index in [1.165, 1.54) is 25.3 Å². The lowest BCUT2D eigenvalue weighted by molar-refractivity contribution is 0.404. The number of halogens is 2. The number of ether oxygens (including phenoxy) is 1. The first-order valence-electron chi connectivity index (χ1n) is 6.91. The van der Waals surface area contributed by atoms with Crippen LogP contribution in [0.3, 0.4) is 0 Å². The Kier molecular flexibility index (Phi) is 8.07. The van der Waals surface area contributed by atoms with Crippen LogP contribution in [0, 0.1) is 5.82 Å². The Hall–Kier alpha value is -0.610. The summed E-state index contributed by atoms with van der Waals surface area (Å²) in [6, 6.07) is 3.28. The van der Waals surface area contributed by atoms with E-state index in [0.29, 0.717) is 10.2 Å². The van der Waals surface area contributed by atoms with Gasteiger partial charge in [-0.25, -0.2) is 4.39 Å². The predicted molar refractivity (Wildman–Crippen MR) is 81.4 cm³/mol. The Morgan fingerprint density at radius 2 is 1.95 bits per heavy atom. The molecule has 0 aliphatic carbocycles. The largest absolute Gasteiger partial charge is 0.496 e. The van der Waals surface area contributed by atoms with Crippen molar-refractivity contribution in [3.8, 4) is 5.75 Å². The number of benzene rings is 1. The minimum atomic E-state index is -0.272. The van der Waals surface area contributed by atoms with Crippen LogP contribution in [0.1, 0.15) is 38.2 Å². The molecule has 0 fully saturated rings. The minimum absolute atomic E-state index is 0.272. The molecule has 0 aromatic heterocycles. The van der Waals surface area contributed by atoms with Crippen molar-refractivity contribution in [3.63, 3.8) is 0 Å². The van der Waals surface area contributed by atoms with E-state index in [1.54, 1.807) is 7.11 Å². The van der Waals surface area contributed by atoms with Crippen molar-refractivity contribution in [2.45, 2.75) is 39.0 Å². The molecule has 0 bridgehead atoms. The summed E-state index contributed by atoms with van der Waals surface area (Å²) in [6.45, 7) is 4.27. The molecule has 0 radical (unpaired) electrons. The molecule has 0 heterocycles. The number of methoxy groups -OCH3 is 1. The zero-order valence-corrected chi connectivity index (χ0v) is 13.4. The van der Waals surface area contributed by atoms with Crippen LogP contribution in [0.2, 0.25) is 0 Å². The number of rotatable bonds is 9. The highest BCUT2D eigenvalue weighted by Crippen LogP contribution is 2.27. The molecule has 0 spiro atoms. The monoisotopic (exact) mass is 331 g/mol. The third-order valence-electron chi connectivity index (χ3n) is 3.12. The molecular weight excluding hydrogens is 309 g/mol. The number of unbranched alkanes of at least 4 members (excludes halogenated alkanes) is 3. The minimum Gasteiger partial charge on any atom is -0.496 e. The van der Waals surface area contributed by atoms with Gasteiger partial charge in [0.05, 0.1) is 11.6 Å². The average molecular weight is 332 g/mol. The first-order chi connectivity index (χ1) is 9.19. The van der Waals surface area contributed by atoms with Crippen LogP contribution in [-0.2, 0) is 6.42 Å². The molecule has 0 saturated carbocycles. The Labute approximate surface area is 123 Å². The molecular formula is C15H23BrFNO. The number of aryl methyl sites for hydroxylation is 1. The van der Waals surface area contributed by atoms with Crippen molar-refractivity contribution >= 4 is 15.9 Å². The summed E-state index contributed by atoms with van der Waals surface area (Å²) in [6.07, 6.45) is 5.70. The zero-order chi connectivity index (χ0) is 14.1. The van der Waals surface area contributed by atoms with E-state index in [0.717, 1.165) is 31.5 Å². The zero-order valence-electron chi connectivity index (χ0n) is 11.8. The standard InChI is InChI=1S/C15H23BrFNO/c1-3-18-9-7-5-4-6-8-12-10-13(16)14(17)11-15(12)19-2/h10-11,18H,3-9H2,1-2H3. The summed E-state index contributed by atoms with van der Waals surface area (Å²) in [5.74, 6) is 0.375. The Morgan fingerprint density at radius 1 is 1.21 bits per heavy atom. The summed E-state index contributed by atoms with van der Waals surface area (Å²) < 4.78 is 19.1. The fourth-order valence-electron chi connectivity index (χ4n) is 2.05. The van der Waals surface area contributed by atoms with Crippen LogP contribution in [0.5, 0.6) is 5.75 Å². The quantitative estimate of drug-likeness (QED) is 0.681. The summed E-state index contributed by atoms with van der Waals surface area (Å²) in [5.41, 5.74) is 1.07. The van der Waals surface area contributed by atoms with Gasteiger partial charge in [-0.3, -0.25) is 0 Å². The highest BCUT2D eigenvalue weighted by molar-refractivity contribution is 9.10. The third-order valence-corrected chi connectivity index (χ3v) is 3.73. The maximum Gasteiger partial charge on any atom is 0.141 e. The molecule has 4 heteroatoms. The van der Waals surface area contributed by atoms with E-state index >= 15 is 0 Å². The maximum absolute atomic E-state index is 13.4. The number of hydrogen-bond donors (Lipinski definition) is 1. The van der Waals surface area contributed by atoms with E-state index in [2.05, 4.69) is 28.2 Å². The Morgan fingerprint density at radius 3 is 2.63 bits per heavy atom. The van der Waals surface area contributed by atoms with Crippen molar-refractivity contribution in [1.29, 1.82) is 0 Å². The average Bonchev–Trinajstić information content (AvgIpc) is 2.41. The van der Waals surface area contributed by atoms with Gasteiger partial charge in [0.15, 0.2) is 0 Å². The third kappa shape index (κ3) is 5.91. The number of nitrogens with one attached hydrogen (secondary N) is 1. The fourth-order valence-corrected chi connectivity index (χ4v) is 2.44. The van der Waals surface area contributed by atoms with E-state index in [1.807, 2.05) is 6.07 Å². The second-order valence-corrected chi connectivity index (χ2v) is 5.45. The van der Waals surface area contributed by atoms with Crippen LogP contribution in [-0.4, -0.2) is 20.2 Å². The molecule has 0 atom stereocenters. The molecule has 2 nitrogen and oxygen atoms in total. The van der Waals surface area contributed by atoms with Gasteiger partial charge < -0.3 is 10.1 Å². The molecule has 1 aromatic carbocycles. The van der Waals surface area contributed by atoms with E-state index < -0.39 is 0 Å². The van der Waals surface area contributed by atoms with Crippen molar-refractivity contribution < 1.29 is 9.13 Å². The van der Waals surface area contributed by atoms with Crippen molar-refractivity contribution in [1.82, 2.24) is 5.32 Å². The van der Waals surface area contributed by atoms with Crippen LogP contribution in [0.15, 0.2) is 16.6 Å². The summed E-state index contributed by atoms with van der Waals surface area (Å²) in [4.78, 5) is 0. The van der Waals surface area contributed by atoms with Gasteiger partial charge in [-0.1, -0.05) is 19.8 Å². The highest BCUT2D eigenvalue weighted by Gasteiger charge is 2.08. The lowest BCUT2D eigenvalue weighted by Crippen LogP contribution is -2.13. The van der Waals surface area contributed by atoms with Crippen molar-refractivity contribution in [2.24, 2.45) is 0 Å². The molecule has 0 unspecified atom stereocenters. The van der Waals surface area contributed by atoms with Gasteiger partial charge >= 0.3 is 0 Å². The molecule has 0 amide bonds. The van der Waals surface area contributed by atoms with Crippen LogP contribution >= 0.6 is 15.9 Å². The number of hydrogen-bond acceptors (Lipinski definition) is 2. The molecule has 1 N–H and O–H groups in total. The molecule has 19 heavy (non-hydrogen) atoms. The lowest BCUT2D eigenvalue weighted by Gasteiger charge is -2.10. The fraction of sp³-hybridized carbons (Fsp3) is 0.600. The molecule has 0 aliphatic heterocycles. The first kappa shape index (κ1) is 16.4. The van der Waals surface area contributed by atoms with E-state index in [-0.39, 0.29) is 5.82 Å². The van der Waals surface area contributed by atoms with Crippen LogP contribution in [0.25, 0.3) is 0 Å². The van der Waals surface area contributed by atoms with E-state index in [4.69, 9.17) is 4.74 Å². The SMILES string of the molecule is CCNCCCCCCc1cc(Br)c(F)cc1OC.